The minimum atomic E-state index is -5.07. The molecule has 0 bridgehead atoms. The van der Waals surface area contributed by atoms with Gasteiger partial charge in [0.1, 0.15) is 26.0 Å². The SMILES string of the molecule is CCCCCC(=O)Nc1c(C)cc(C)c(N=c2cc3oc4cc(Nc5c(C)c(NC(=O)CCCCC)c(C)c(S(=O)(=O)O)c5C)ccc4c(-c4ccccc4S(=O)(=O)O)c-3cc2S(=O)(=O)O)c1C. The van der Waals surface area contributed by atoms with E-state index in [1.54, 1.807) is 32.9 Å². The molecule has 0 saturated carbocycles. The van der Waals surface area contributed by atoms with Crippen LogP contribution in [0.15, 0.2) is 84.8 Å². The van der Waals surface area contributed by atoms with Crippen LogP contribution >= 0.6 is 0 Å². The van der Waals surface area contributed by atoms with Gasteiger partial charge in [0.05, 0.1) is 16.7 Å². The van der Waals surface area contributed by atoms with Gasteiger partial charge in [-0.1, -0.05) is 63.8 Å². The molecule has 4 aromatic carbocycles. The van der Waals surface area contributed by atoms with E-state index in [4.69, 9.17) is 9.41 Å². The molecule has 6 N–H and O–H groups in total. The first-order chi connectivity index (χ1) is 31.9. The average molecular weight is 989 g/mol. The maximum absolute atomic E-state index is 13.3. The smallest absolute Gasteiger partial charge is 0.296 e. The molecule has 1 aliphatic carbocycles. The van der Waals surface area contributed by atoms with Gasteiger partial charge in [0, 0.05) is 64.1 Å². The van der Waals surface area contributed by atoms with Crippen molar-refractivity contribution in [2.24, 2.45) is 4.99 Å². The molecular weight excluding hydrogens is 933 g/mol. The van der Waals surface area contributed by atoms with Crippen molar-refractivity contribution in [2.75, 3.05) is 16.0 Å². The number of aryl methyl sites for hydroxylation is 2. The molecule has 0 spiro atoms. The lowest BCUT2D eigenvalue weighted by molar-refractivity contribution is -0.117. The van der Waals surface area contributed by atoms with Crippen molar-refractivity contribution in [3.05, 3.63) is 99.4 Å². The van der Waals surface area contributed by atoms with Crippen molar-refractivity contribution in [1.29, 1.82) is 0 Å². The molecule has 0 atom stereocenters. The Morgan fingerprint density at radius 1 is 0.603 bits per heavy atom. The topological polar surface area (TPSA) is 259 Å². The van der Waals surface area contributed by atoms with E-state index in [1.165, 1.54) is 56.3 Å². The molecule has 19 heteroatoms. The molecule has 1 aliphatic heterocycles. The fourth-order valence-electron chi connectivity index (χ4n) is 8.70. The van der Waals surface area contributed by atoms with Crippen LogP contribution in [-0.4, -0.2) is 50.7 Å². The Labute approximate surface area is 396 Å². The summed E-state index contributed by atoms with van der Waals surface area (Å²) in [6.45, 7) is 14.0. The van der Waals surface area contributed by atoms with E-state index in [-0.39, 0.29) is 79.5 Å². The lowest BCUT2D eigenvalue weighted by atomic mass is 9.93. The fourth-order valence-corrected chi connectivity index (χ4v) is 11.0. The van der Waals surface area contributed by atoms with Crippen LogP contribution in [0.4, 0.5) is 28.4 Å². The predicted molar refractivity (Wildman–Crippen MR) is 263 cm³/mol. The van der Waals surface area contributed by atoms with Crippen molar-refractivity contribution in [3.63, 3.8) is 0 Å². The molecule has 0 aromatic heterocycles. The summed E-state index contributed by atoms with van der Waals surface area (Å²) in [7, 11) is -14.8. The molecule has 0 radical (unpaired) electrons. The largest absolute Gasteiger partial charge is 0.456 e. The second kappa shape index (κ2) is 20.3. The number of fused-ring (bicyclic) bond motifs is 2. The number of rotatable bonds is 17. The number of hydrogen-bond donors (Lipinski definition) is 6. The summed E-state index contributed by atoms with van der Waals surface area (Å²) in [5.74, 6) is -0.564. The number of nitrogens with zero attached hydrogens (tertiary/aromatic N) is 1. The van der Waals surface area contributed by atoms with E-state index in [9.17, 15) is 48.5 Å². The molecular formula is C49H56N4O12S3. The lowest BCUT2D eigenvalue weighted by Crippen LogP contribution is -2.17. The Morgan fingerprint density at radius 3 is 1.78 bits per heavy atom. The summed E-state index contributed by atoms with van der Waals surface area (Å²) in [5, 5.41) is 9.00. The van der Waals surface area contributed by atoms with Gasteiger partial charge < -0.3 is 20.4 Å². The van der Waals surface area contributed by atoms with E-state index >= 15 is 0 Å². The summed E-state index contributed by atoms with van der Waals surface area (Å²) in [6.07, 6.45) is 5.33. The summed E-state index contributed by atoms with van der Waals surface area (Å²) >= 11 is 0. The predicted octanol–water partition coefficient (Wildman–Crippen LogP) is 10.8. The van der Waals surface area contributed by atoms with Gasteiger partial charge in [-0.2, -0.15) is 25.3 Å². The molecule has 0 fully saturated rings. The van der Waals surface area contributed by atoms with Crippen LogP contribution in [0.2, 0.25) is 0 Å². The molecule has 6 rings (SSSR count). The number of benzene rings is 5. The second-order valence-electron chi connectivity index (χ2n) is 17.0. The van der Waals surface area contributed by atoms with Crippen molar-refractivity contribution < 1.29 is 52.9 Å². The third-order valence-electron chi connectivity index (χ3n) is 11.9. The zero-order chi connectivity index (χ0) is 50.0. The Hall–Kier alpha value is -5.96. The fraction of sp³-hybridized carbons (Fsp3) is 0.327. The Kier molecular flexibility index (Phi) is 15.4. The Balaban J connectivity index is 1.64. The van der Waals surface area contributed by atoms with Crippen molar-refractivity contribution in [3.8, 4) is 22.5 Å². The second-order valence-corrected chi connectivity index (χ2v) is 21.1. The quantitative estimate of drug-likeness (QED) is 0.0283. The molecule has 68 heavy (non-hydrogen) atoms. The number of amides is 2. The molecule has 16 nitrogen and oxygen atoms in total. The van der Waals surface area contributed by atoms with Gasteiger partial charge in [-0.15, -0.1) is 0 Å². The van der Waals surface area contributed by atoms with Crippen molar-refractivity contribution in [2.45, 2.75) is 121 Å². The van der Waals surface area contributed by atoms with Crippen LogP contribution in [-0.2, 0) is 39.9 Å². The number of hydrogen-bond acceptors (Lipinski definition) is 11. The Morgan fingerprint density at radius 2 is 1.19 bits per heavy atom. The van der Waals surface area contributed by atoms with Crippen LogP contribution in [0.25, 0.3) is 33.4 Å². The van der Waals surface area contributed by atoms with Crippen LogP contribution in [0.3, 0.4) is 0 Å². The van der Waals surface area contributed by atoms with E-state index in [0.717, 1.165) is 37.3 Å². The van der Waals surface area contributed by atoms with Crippen LogP contribution in [0.1, 0.15) is 98.6 Å². The Bertz CT molecular complexity index is 3380. The van der Waals surface area contributed by atoms with Crippen LogP contribution < -0.4 is 21.3 Å². The highest BCUT2D eigenvalue weighted by molar-refractivity contribution is 7.86. The third kappa shape index (κ3) is 11.0. The summed E-state index contributed by atoms with van der Waals surface area (Å²) in [5.41, 5.74) is 4.34. The monoisotopic (exact) mass is 988 g/mol. The minimum Gasteiger partial charge on any atom is -0.456 e. The number of nitrogens with one attached hydrogen (secondary N) is 3. The molecule has 1 heterocycles. The molecule has 2 amide bonds. The molecule has 0 saturated heterocycles. The van der Waals surface area contributed by atoms with E-state index < -0.39 is 45.0 Å². The van der Waals surface area contributed by atoms with Crippen LogP contribution in [0.5, 0.6) is 0 Å². The molecule has 4 aromatic rings. The first-order valence-corrected chi connectivity index (χ1v) is 26.4. The first-order valence-electron chi connectivity index (χ1n) is 22.1. The number of carbonyl (C=O) groups excluding carboxylic acids is 2. The van der Waals surface area contributed by atoms with Gasteiger partial charge in [-0.3, -0.25) is 23.2 Å². The summed E-state index contributed by atoms with van der Waals surface area (Å²) in [4.78, 5) is 29.2. The van der Waals surface area contributed by atoms with E-state index in [0.29, 0.717) is 53.0 Å². The van der Waals surface area contributed by atoms with E-state index in [1.807, 2.05) is 20.8 Å². The van der Waals surface area contributed by atoms with Gasteiger partial charge in [0.15, 0.2) is 0 Å². The highest BCUT2D eigenvalue weighted by Crippen LogP contribution is 2.45. The summed E-state index contributed by atoms with van der Waals surface area (Å²) < 4.78 is 116. The van der Waals surface area contributed by atoms with Gasteiger partial charge in [-0.25, -0.2) is 4.99 Å². The first kappa shape index (κ1) is 51.4. The number of carbonyl (C=O) groups is 2. The molecule has 2 aliphatic rings. The maximum Gasteiger partial charge on any atom is 0.296 e. The van der Waals surface area contributed by atoms with Gasteiger partial charge in [-0.05, 0) is 112 Å². The minimum absolute atomic E-state index is 0.0144. The number of unbranched alkanes of at least 4 members (excludes halogenated alkanes) is 4. The zero-order valence-electron chi connectivity index (χ0n) is 39.1. The van der Waals surface area contributed by atoms with Gasteiger partial charge in [0.25, 0.3) is 30.4 Å². The van der Waals surface area contributed by atoms with Gasteiger partial charge >= 0.3 is 0 Å². The van der Waals surface area contributed by atoms with Crippen molar-refractivity contribution >= 4 is 81.6 Å². The highest BCUT2D eigenvalue weighted by atomic mass is 32.2. The normalized spacial score (nSPS) is 12.5. The zero-order valence-corrected chi connectivity index (χ0v) is 41.6. The standard InChI is InChI=1S/C49H56N4O12S3/c1-9-11-13-19-42(54)52-46-28(4)23-27(3)45(29(46)5)51-37-26-39-36(25-41(37)67(59,60)61)44(35-17-15-16-18-40(35)66(56,57)58)34-22-21-33(24-38(34)65-39)50-47-30(6)48(53-43(55)20-14-12-10-2)32(8)49(31(47)7)68(62,63)64/h15-18,21-26,50H,9-14,19-20H2,1-8H3,(H,52,54)(H,53,55)(H,56,57,58)(H,59,60,61)(H,62,63,64). The molecule has 0 unspecified atom stereocenters. The highest BCUT2D eigenvalue weighted by Gasteiger charge is 2.29. The maximum atomic E-state index is 13.3. The van der Waals surface area contributed by atoms with Crippen molar-refractivity contribution in [1.82, 2.24) is 0 Å². The third-order valence-corrected chi connectivity index (χ3v) is 14.9. The van der Waals surface area contributed by atoms with E-state index in [2.05, 4.69) is 16.0 Å². The van der Waals surface area contributed by atoms with Gasteiger partial charge in [0.2, 0.25) is 11.8 Å². The number of anilines is 4. The average Bonchev–Trinajstić information content (AvgIpc) is 3.24. The summed E-state index contributed by atoms with van der Waals surface area (Å²) in [6, 6.07) is 14.3. The lowest BCUT2D eigenvalue weighted by Gasteiger charge is -2.23. The van der Waals surface area contributed by atoms with Crippen LogP contribution in [0, 0.1) is 41.5 Å². The molecule has 362 valence electrons.